The van der Waals surface area contributed by atoms with E-state index in [1.807, 2.05) is 0 Å². The van der Waals surface area contributed by atoms with Crippen LogP contribution >= 0.6 is 0 Å². The molecule has 328 valence electrons. The molecular weight excluding hydrogens is 861 g/mol. The second kappa shape index (κ2) is 15.0. The quantitative estimate of drug-likeness (QED) is 0.173. The number of fused-ring (bicyclic) bond motifs is 16. The van der Waals surface area contributed by atoms with Crippen molar-refractivity contribution in [2.75, 3.05) is 0 Å². The van der Waals surface area contributed by atoms with E-state index in [9.17, 15) is 5.26 Å². The van der Waals surface area contributed by atoms with Gasteiger partial charge in [-0.2, -0.15) is 5.26 Å². The van der Waals surface area contributed by atoms with E-state index >= 15 is 0 Å². The lowest BCUT2D eigenvalue weighted by Crippen LogP contribution is -2.26. The molecule has 0 atom stereocenters. The van der Waals surface area contributed by atoms with E-state index in [1.54, 1.807) is 0 Å². The van der Waals surface area contributed by atoms with Gasteiger partial charge in [-0.05, 0) is 121 Å². The maximum Gasteiger partial charge on any atom is 0.104 e. The van der Waals surface area contributed by atoms with Gasteiger partial charge in [0.15, 0.2) is 0 Å². The van der Waals surface area contributed by atoms with Crippen LogP contribution < -0.4 is 0 Å². The fraction of sp³-hybridized carbons (Fsp3) is 0.0149. The Labute approximate surface area is 410 Å². The summed E-state index contributed by atoms with van der Waals surface area (Å²) in [6.45, 7) is 0. The summed E-state index contributed by atoms with van der Waals surface area (Å²) in [5, 5.41) is 16.2. The molecule has 3 aromatic heterocycles. The summed E-state index contributed by atoms with van der Waals surface area (Å²) in [7, 11) is 0. The summed E-state index contributed by atoms with van der Waals surface area (Å²) in [6, 6.07) is 87.9. The second-order valence-electron chi connectivity index (χ2n) is 18.9. The molecule has 1 spiro atoms. The molecular formula is C67H40N4. The molecule has 0 radical (unpaired) electrons. The lowest BCUT2D eigenvalue weighted by Gasteiger charge is -2.30. The van der Waals surface area contributed by atoms with E-state index in [0.717, 1.165) is 88.5 Å². The number of aromatic nitrogens is 3. The highest BCUT2D eigenvalue weighted by Gasteiger charge is 2.51. The molecule has 0 saturated carbocycles. The highest BCUT2D eigenvalue weighted by Crippen LogP contribution is 2.62. The number of nitrogens with zero attached hydrogens (tertiary/aromatic N) is 4. The average Bonchev–Trinajstić information content (AvgIpc) is 4.15. The van der Waals surface area contributed by atoms with Gasteiger partial charge in [0.25, 0.3) is 0 Å². The highest BCUT2D eigenvalue weighted by atomic mass is 15.0. The summed E-state index contributed by atoms with van der Waals surface area (Å²) in [4.78, 5) is 5.51. The lowest BCUT2D eigenvalue weighted by atomic mass is 9.71. The minimum absolute atomic E-state index is 0.505. The van der Waals surface area contributed by atoms with Gasteiger partial charge >= 0.3 is 0 Å². The predicted octanol–water partition coefficient (Wildman–Crippen LogP) is 16.5. The molecule has 4 heteroatoms. The molecule has 2 aliphatic carbocycles. The van der Waals surface area contributed by atoms with Crippen molar-refractivity contribution in [2.24, 2.45) is 0 Å². The maximum absolute atomic E-state index is 11.8. The first-order valence-electron chi connectivity index (χ1n) is 24.3. The molecule has 2 aliphatic rings. The number of pyridine rings is 1. The fourth-order valence-corrected chi connectivity index (χ4v) is 12.5. The Balaban J connectivity index is 1.03. The van der Waals surface area contributed by atoms with Crippen LogP contribution in [0.15, 0.2) is 243 Å². The summed E-state index contributed by atoms with van der Waals surface area (Å²) >= 11 is 0. The summed E-state index contributed by atoms with van der Waals surface area (Å²) < 4.78 is 4.60. The van der Waals surface area contributed by atoms with Gasteiger partial charge in [0.1, 0.15) is 11.6 Å². The van der Waals surface area contributed by atoms with E-state index in [-0.39, 0.29) is 0 Å². The Kier molecular flexibility index (Phi) is 8.31. The molecule has 15 rings (SSSR count). The monoisotopic (exact) mass is 900 g/mol. The van der Waals surface area contributed by atoms with Crippen molar-refractivity contribution < 1.29 is 0 Å². The Morgan fingerprint density at radius 3 is 1.25 bits per heavy atom. The fourth-order valence-electron chi connectivity index (χ4n) is 12.5. The van der Waals surface area contributed by atoms with Crippen molar-refractivity contribution in [1.29, 1.82) is 5.26 Å². The Hall–Kier alpha value is -9.56. The van der Waals surface area contributed by atoms with E-state index in [1.165, 1.54) is 44.5 Å². The number of hydrogen-bond donors (Lipinski definition) is 0. The third-order valence-electron chi connectivity index (χ3n) is 15.4. The number of hydrogen-bond acceptors (Lipinski definition) is 2. The van der Waals surface area contributed by atoms with Gasteiger partial charge < -0.3 is 9.13 Å². The largest absolute Gasteiger partial charge is 0.308 e. The topological polar surface area (TPSA) is 46.5 Å². The molecule has 0 saturated heterocycles. The number of para-hydroxylation sites is 2. The molecule has 0 bridgehead atoms. The van der Waals surface area contributed by atoms with Crippen LogP contribution in [0.5, 0.6) is 0 Å². The van der Waals surface area contributed by atoms with Gasteiger partial charge in [0.05, 0.1) is 44.6 Å². The van der Waals surface area contributed by atoms with Crippen molar-refractivity contribution in [3.05, 3.63) is 271 Å². The lowest BCUT2D eigenvalue weighted by molar-refractivity contribution is 0.789. The minimum atomic E-state index is -0.505. The first kappa shape index (κ1) is 39.4. The van der Waals surface area contributed by atoms with Crippen molar-refractivity contribution in [2.45, 2.75) is 5.41 Å². The van der Waals surface area contributed by atoms with Crippen LogP contribution in [-0.4, -0.2) is 14.1 Å². The van der Waals surface area contributed by atoms with Crippen LogP contribution in [0.25, 0.3) is 111 Å². The number of nitriles is 1. The van der Waals surface area contributed by atoms with E-state index < -0.39 is 5.41 Å². The van der Waals surface area contributed by atoms with E-state index in [2.05, 4.69) is 258 Å². The molecule has 0 fully saturated rings. The van der Waals surface area contributed by atoms with Crippen molar-refractivity contribution >= 4 is 43.6 Å². The summed E-state index contributed by atoms with van der Waals surface area (Å²) in [5.74, 6) is 0. The maximum atomic E-state index is 11.8. The molecule has 4 nitrogen and oxygen atoms in total. The molecule has 0 aliphatic heterocycles. The van der Waals surface area contributed by atoms with Crippen LogP contribution in [0.2, 0.25) is 0 Å². The van der Waals surface area contributed by atoms with Gasteiger partial charge in [-0.3, -0.25) is 4.98 Å². The Morgan fingerprint density at radius 1 is 0.338 bits per heavy atom. The van der Waals surface area contributed by atoms with Crippen LogP contribution in [0.1, 0.15) is 27.8 Å². The minimum Gasteiger partial charge on any atom is -0.308 e. The third-order valence-corrected chi connectivity index (χ3v) is 15.4. The van der Waals surface area contributed by atoms with Gasteiger partial charge in [-0.25, -0.2) is 0 Å². The number of rotatable bonds is 5. The molecule has 0 amide bonds. The van der Waals surface area contributed by atoms with Crippen molar-refractivity contribution in [3.63, 3.8) is 0 Å². The standard InChI is InChI=1S/C67H40N4/c68-40-55-65(70-61-29-15-10-24-50(61)53-35-44(31-33-63(53)70)42-17-3-1-4-18-42)37-46(38-66(55)71-62-30-16-11-25-51(62)54-36-45(32-34-64(54)71)43-19-5-2-6-20-43)60-39-52-49-23-9-14-28-58(49)67(59(52)41-69-60)56-26-12-7-21-47(56)48-22-8-13-27-57(48)67/h1-39,41H. The van der Waals surface area contributed by atoms with Gasteiger partial charge in [0, 0.05) is 33.3 Å². The number of benzene rings is 10. The third kappa shape index (κ3) is 5.46. The molecule has 0 unspecified atom stereocenters. The van der Waals surface area contributed by atoms with Gasteiger partial charge in [-0.15, -0.1) is 0 Å². The van der Waals surface area contributed by atoms with E-state index in [0.29, 0.717) is 5.56 Å². The Bertz CT molecular complexity index is 4190. The molecule has 10 aromatic carbocycles. The van der Waals surface area contributed by atoms with Gasteiger partial charge in [0.2, 0.25) is 0 Å². The molecule has 3 heterocycles. The van der Waals surface area contributed by atoms with Crippen LogP contribution in [0.4, 0.5) is 0 Å². The van der Waals surface area contributed by atoms with E-state index in [4.69, 9.17) is 4.98 Å². The average molecular weight is 901 g/mol. The molecule has 0 N–H and O–H groups in total. The normalized spacial score (nSPS) is 12.9. The molecule has 71 heavy (non-hydrogen) atoms. The molecule has 13 aromatic rings. The van der Waals surface area contributed by atoms with Gasteiger partial charge in [-0.1, -0.05) is 182 Å². The zero-order valence-electron chi connectivity index (χ0n) is 38.4. The van der Waals surface area contributed by atoms with Crippen LogP contribution in [-0.2, 0) is 5.41 Å². The summed E-state index contributed by atoms with van der Waals surface area (Å²) in [6.07, 6.45) is 2.14. The smallest absolute Gasteiger partial charge is 0.104 e. The predicted molar refractivity (Wildman–Crippen MR) is 290 cm³/mol. The Morgan fingerprint density at radius 2 is 0.761 bits per heavy atom. The first-order chi connectivity index (χ1) is 35.2. The summed E-state index contributed by atoms with van der Waals surface area (Å²) in [5.41, 5.74) is 22.0. The van der Waals surface area contributed by atoms with Crippen molar-refractivity contribution in [1.82, 2.24) is 14.1 Å². The van der Waals surface area contributed by atoms with Crippen molar-refractivity contribution in [3.8, 4) is 73.2 Å². The second-order valence-corrected chi connectivity index (χ2v) is 18.9. The zero-order valence-corrected chi connectivity index (χ0v) is 38.4. The van der Waals surface area contributed by atoms with Crippen LogP contribution in [0.3, 0.4) is 0 Å². The highest BCUT2D eigenvalue weighted by molar-refractivity contribution is 6.13. The zero-order chi connectivity index (χ0) is 46.8. The first-order valence-corrected chi connectivity index (χ1v) is 24.3. The SMILES string of the molecule is N#Cc1c(-n2c3ccccc3c3cc(-c4ccccc4)ccc32)cc(-c2cc3c(cn2)C2(c4ccccc4-c4ccccc42)c2ccccc2-3)cc1-n1c2ccccc2c2cc(-c3ccccc3)ccc21. The van der Waals surface area contributed by atoms with Crippen LogP contribution in [0, 0.1) is 11.3 Å².